The number of nitrogens with zero attached hydrogens (tertiary/aromatic N) is 3. The number of benzene rings is 1. The second kappa shape index (κ2) is 8.06. The summed E-state index contributed by atoms with van der Waals surface area (Å²) in [5.41, 5.74) is -0.616. The summed E-state index contributed by atoms with van der Waals surface area (Å²) in [6.45, 7) is 0.287. The number of amides is 1. The molecule has 1 aliphatic heterocycles. The van der Waals surface area contributed by atoms with Crippen molar-refractivity contribution >= 4 is 23.5 Å². The molecule has 9 heteroatoms. The number of nitrogens with one attached hydrogen (secondary N) is 1. The van der Waals surface area contributed by atoms with Gasteiger partial charge in [0.25, 0.3) is 0 Å². The first-order valence-corrected chi connectivity index (χ1v) is 9.08. The molecule has 1 fully saturated rings. The van der Waals surface area contributed by atoms with E-state index in [1.807, 2.05) is 30.3 Å². The smallest absolute Gasteiger partial charge is 0.314 e. The van der Waals surface area contributed by atoms with Crippen LogP contribution in [0.3, 0.4) is 0 Å². The van der Waals surface area contributed by atoms with E-state index in [4.69, 9.17) is 11.6 Å². The Kier molecular flexibility index (Phi) is 5.76. The summed E-state index contributed by atoms with van der Waals surface area (Å²) >= 11 is 5.65. The molecule has 0 spiro atoms. The highest BCUT2D eigenvalue weighted by atomic mass is 35.5. The number of carbonyl (C=O) groups is 2. The van der Waals surface area contributed by atoms with Crippen molar-refractivity contribution in [2.75, 3.05) is 13.1 Å². The van der Waals surface area contributed by atoms with Crippen molar-refractivity contribution in [3.8, 4) is 0 Å². The monoisotopic (exact) mass is 392 g/mol. The van der Waals surface area contributed by atoms with E-state index >= 15 is 0 Å². The molecule has 0 saturated carbocycles. The number of carbonyl (C=O) groups excluding carboxylic acids is 1. The van der Waals surface area contributed by atoms with Gasteiger partial charge in [0.15, 0.2) is 0 Å². The average Bonchev–Trinajstić information content (AvgIpc) is 3.07. The second-order valence-corrected chi connectivity index (χ2v) is 7.13. The number of aromatic nitrogens is 3. The van der Waals surface area contributed by atoms with Gasteiger partial charge in [-0.1, -0.05) is 30.3 Å². The number of piperidine rings is 1. The number of hydrogen-bond acceptors (Lipinski definition) is 5. The first kappa shape index (κ1) is 19.3. The number of halogens is 1. The zero-order chi connectivity index (χ0) is 19.4. The minimum absolute atomic E-state index is 0.0333. The maximum Gasteiger partial charge on any atom is 0.314 e. The van der Waals surface area contributed by atoms with Crippen LogP contribution >= 0.6 is 11.6 Å². The number of rotatable bonds is 6. The molecule has 2 aromatic rings. The summed E-state index contributed by atoms with van der Waals surface area (Å²) in [5.74, 6) is -0.786. The van der Waals surface area contributed by atoms with E-state index in [1.54, 1.807) is 0 Å². The lowest BCUT2D eigenvalue weighted by Gasteiger charge is -2.43. The van der Waals surface area contributed by atoms with Gasteiger partial charge in [0.1, 0.15) is 11.2 Å². The fourth-order valence-electron chi connectivity index (χ4n) is 3.48. The maximum atomic E-state index is 12.6. The normalized spacial score (nSPS) is 22.6. The van der Waals surface area contributed by atoms with Gasteiger partial charge in [-0.3, -0.25) is 14.7 Å². The fourth-order valence-corrected chi connectivity index (χ4v) is 3.62. The molecular formula is C18H21ClN4O4. The lowest BCUT2D eigenvalue weighted by atomic mass is 9.72. The van der Waals surface area contributed by atoms with Crippen molar-refractivity contribution in [3.05, 3.63) is 47.0 Å². The van der Waals surface area contributed by atoms with Crippen LogP contribution in [0.15, 0.2) is 30.3 Å². The summed E-state index contributed by atoms with van der Waals surface area (Å²) in [4.78, 5) is 30.2. The van der Waals surface area contributed by atoms with Crippen molar-refractivity contribution in [2.24, 2.45) is 5.41 Å². The van der Waals surface area contributed by atoms with Gasteiger partial charge in [-0.25, -0.2) is 4.98 Å². The zero-order valence-corrected chi connectivity index (χ0v) is 15.4. The summed E-state index contributed by atoms with van der Waals surface area (Å²) in [6, 6.07) is 9.15. The molecule has 1 aromatic heterocycles. The van der Waals surface area contributed by atoms with Crippen LogP contribution in [0.4, 0.5) is 0 Å². The van der Waals surface area contributed by atoms with Crippen molar-refractivity contribution in [1.82, 2.24) is 20.1 Å². The number of aliphatic hydroxyl groups excluding tert-OH is 1. The first-order chi connectivity index (χ1) is 12.9. The third kappa shape index (κ3) is 4.28. The Morgan fingerprint density at radius 2 is 2.07 bits per heavy atom. The van der Waals surface area contributed by atoms with E-state index in [0.29, 0.717) is 18.8 Å². The van der Waals surface area contributed by atoms with E-state index < -0.39 is 17.5 Å². The zero-order valence-electron chi connectivity index (χ0n) is 14.6. The highest BCUT2D eigenvalue weighted by Gasteiger charge is 2.50. The first-order valence-electron chi connectivity index (χ1n) is 8.70. The van der Waals surface area contributed by atoms with Crippen LogP contribution < -0.4 is 0 Å². The van der Waals surface area contributed by atoms with Crippen molar-refractivity contribution in [2.45, 2.75) is 31.8 Å². The van der Waals surface area contributed by atoms with Gasteiger partial charge >= 0.3 is 5.97 Å². The van der Waals surface area contributed by atoms with E-state index in [9.17, 15) is 19.8 Å². The molecule has 0 aliphatic carbocycles. The average molecular weight is 393 g/mol. The topological polar surface area (TPSA) is 119 Å². The largest absolute Gasteiger partial charge is 0.481 e. The lowest BCUT2D eigenvalue weighted by Crippen LogP contribution is -2.58. The molecule has 8 nitrogen and oxygen atoms in total. The maximum absolute atomic E-state index is 12.6. The van der Waals surface area contributed by atoms with Crippen LogP contribution in [0.2, 0.25) is 5.28 Å². The Morgan fingerprint density at radius 3 is 2.70 bits per heavy atom. The molecule has 2 atom stereocenters. The summed E-state index contributed by atoms with van der Waals surface area (Å²) in [6.07, 6.45) is -0.156. The Hall–Kier alpha value is -2.45. The van der Waals surface area contributed by atoms with Crippen LogP contribution in [0.1, 0.15) is 24.2 Å². The SMILES string of the molecule is O=C(CCc1nc(Cl)n[nH]1)N1CC[C@H](O)[C@](Cc2ccccc2)(C(=O)O)C1. The van der Waals surface area contributed by atoms with E-state index in [2.05, 4.69) is 15.2 Å². The molecule has 1 amide bonds. The van der Waals surface area contributed by atoms with Crippen molar-refractivity contribution in [1.29, 1.82) is 0 Å². The molecule has 1 aromatic carbocycles. The van der Waals surface area contributed by atoms with Crippen LogP contribution in [0, 0.1) is 5.41 Å². The van der Waals surface area contributed by atoms with Crippen LogP contribution in [-0.2, 0) is 22.4 Å². The number of likely N-dealkylation sites (tertiary alicyclic amines) is 1. The number of hydrogen-bond donors (Lipinski definition) is 3. The van der Waals surface area contributed by atoms with E-state index in [1.165, 1.54) is 4.90 Å². The summed E-state index contributed by atoms with van der Waals surface area (Å²) in [7, 11) is 0. The Labute approximate surface area is 161 Å². The van der Waals surface area contributed by atoms with Crippen LogP contribution in [0.5, 0.6) is 0 Å². The molecule has 0 radical (unpaired) electrons. The fraction of sp³-hybridized carbons (Fsp3) is 0.444. The second-order valence-electron chi connectivity index (χ2n) is 6.79. The van der Waals surface area contributed by atoms with Gasteiger partial charge in [0.2, 0.25) is 11.2 Å². The van der Waals surface area contributed by atoms with Gasteiger partial charge in [-0.2, -0.15) is 0 Å². The lowest BCUT2D eigenvalue weighted by molar-refractivity contribution is -0.165. The van der Waals surface area contributed by atoms with Gasteiger partial charge in [0, 0.05) is 25.9 Å². The molecule has 0 unspecified atom stereocenters. The summed E-state index contributed by atoms with van der Waals surface area (Å²) < 4.78 is 0. The third-order valence-electron chi connectivity index (χ3n) is 5.00. The van der Waals surface area contributed by atoms with E-state index in [0.717, 1.165) is 5.56 Å². The number of aryl methyl sites for hydroxylation is 1. The number of carboxylic acid groups (broad SMARTS) is 1. The number of aliphatic hydroxyl groups is 1. The molecule has 2 heterocycles. The molecule has 0 bridgehead atoms. The Bertz CT molecular complexity index is 813. The number of carboxylic acids is 1. The van der Waals surface area contributed by atoms with Gasteiger partial charge in [-0.05, 0) is 30.0 Å². The predicted octanol–water partition coefficient (Wildman–Crippen LogP) is 1.30. The Morgan fingerprint density at radius 1 is 1.33 bits per heavy atom. The quantitative estimate of drug-likeness (QED) is 0.681. The van der Waals surface area contributed by atoms with Crippen molar-refractivity contribution in [3.63, 3.8) is 0 Å². The van der Waals surface area contributed by atoms with E-state index in [-0.39, 0.29) is 37.0 Å². The molecule has 3 N–H and O–H groups in total. The van der Waals surface area contributed by atoms with Gasteiger partial charge < -0.3 is 15.1 Å². The highest BCUT2D eigenvalue weighted by molar-refractivity contribution is 6.28. The minimum Gasteiger partial charge on any atom is -0.481 e. The predicted molar refractivity (Wildman–Crippen MR) is 97.1 cm³/mol. The molecule has 144 valence electrons. The molecule has 1 saturated heterocycles. The Balaban J connectivity index is 1.72. The highest BCUT2D eigenvalue weighted by Crippen LogP contribution is 2.35. The van der Waals surface area contributed by atoms with Crippen LogP contribution in [0.25, 0.3) is 0 Å². The molecule has 27 heavy (non-hydrogen) atoms. The summed E-state index contributed by atoms with van der Waals surface area (Å²) in [5, 5.41) is 26.8. The molecule has 1 aliphatic rings. The van der Waals surface area contributed by atoms with Gasteiger partial charge in [0.05, 0.1) is 6.10 Å². The number of aliphatic carboxylic acids is 1. The number of H-pyrrole nitrogens is 1. The van der Waals surface area contributed by atoms with Gasteiger partial charge in [-0.15, -0.1) is 5.10 Å². The van der Waals surface area contributed by atoms with Crippen molar-refractivity contribution < 1.29 is 19.8 Å². The molecular weight excluding hydrogens is 372 g/mol. The number of aromatic amines is 1. The van der Waals surface area contributed by atoms with Crippen LogP contribution in [-0.4, -0.2) is 61.4 Å². The standard InChI is InChI=1S/C18H21ClN4O4/c19-17-20-14(21-22-17)6-7-15(25)23-9-8-13(24)18(11-23,16(26)27)10-12-4-2-1-3-5-12/h1-5,13,24H,6-11H2,(H,26,27)(H,20,21,22)/t13-,18+/m0/s1. The third-order valence-corrected chi connectivity index (χ3v) is 5.17. The molecule has 3 rings (SSSR count). The minimum atomic E-state index is -1.43.